The second-order valence-corrected chi connectivity index (χ2v) is 6.89. The molecule has 0 atom stereocenters. The first-order chi connectivity index (χ1) is 12.0. The van der Waals surface area contributed by atoms with Gasteiger partial charge >= 0.3 is 6.18 Å². The molecular formula is C19H24F3N3O. The van der Waals surface area contributed by atoms with E-state index in [-0.39, 0.29) is 11.3 Å². The van der Waals surface area contributed by atoms with E-state index in [0.717, 1.165) is 12.1 Å². The summed E-state index contributed by atoms with van der Waals surface area (Å²) in [7, 11) is 0. The summed E-state index contributed by atoms with van der Waals surface area (Å²) in [6.07, 6.45) is -3.17. The molecule has 0 unspecified atom stereocenters. The lowest BCUT2D eigenvalue weighted by molar-refractivity contribution is -0.137. The molecule has 142 valence electrons. The third-order valence-electron chi connectivity index (χ3n) is 3.36. The Balaban J connectivity index is 3.07. The first-order valence-corrected chi connectivity index (χ1v) is 8.38. The molecule has 1 amide bonds. The summed E-state index contributed by atoms with van der Waals surface area (Å²) in [5, 5.41) is 11.5. The number of nitrogens with one attached hydrogen (secondary N) is 1. The lowest BCUT2D eigenvalue weighted by atomic mass is 10.1. The maximum atomic E-state index is 13.0. The van der Waals surface area contributed by atoms with Crippen LogP contribution in [-0.2, 0) is 11.0 Å². The first kappa shape index (κ1) is 21.6. The van der Waals surface area contributed by atoms with E-state index >= 15 is 0 Å². The van der Waals surface area contributed by atoms with Crippen molar-refractivity contribution < 1.29 is 18.0 Å². The van der Waals surface area contributed by atoms with Crippen LogP contribution < -0.4 is 5.32 Å². The van der Waals surface area contributed by atoms with Crippen molar-refractivity contribution in [3.8, 4) is 6.07 Å². The van der Waals surface area contributed by atoms with Crippen molar-refractivity contribution in [1.82, 2.24) is 4.90 Å². The number of anilines is 1. The number of nitrogens with zero attached hydrogens (tertiary/aromatic N) is 2. The van der Waals surface area contributed by atoms with E-state index in [4.69, 9.17) is 0 Å². The summed E-state index contributed by atoms with van der Waals surface area (Å²) in [4.78, 5) is 14.2. The van der Waals surface area contributed by atoms with Gasteiger partial charge in [0.2, 0.25) is 0 Å². The van der Waals surface area contributed by atoms with Crippen LogP contribution in [0.4, 0.5) is 18.9 Å². The number of carbonyl (C=O) groups is 1. The summed E-state index contributed by atoms with van der Waals surface area (Å²) < 4.78 is 39.1. The van der Waals surface area contributed by atoms with E-state index in [1.807, 2.05) is 32.6 Å². The van der Waals surface area contributed by atoms with Crippen LogP contribution in [0, 0.1) is 23.2 Å². The topological polar surface area (TPSA) is 56.1 Å². The normalized spacial score (nSPS) is 12.2. The van der Waals surface area contributed by atoms with Gasteiger partial charge in [0.15, 0.2) is 0 Å². The lowest BCUT2D eigenvalue weighted by Crippen LogP contribution is -2.28. The Morgan fingerprint density at radius 3 is 2.19 bits per heavy atom. The molecule has 0 bridgehead atoms. The largest absolute Gasteiger partial charge is 0.418 e. The molecular weight excluding hydrogens is 343 g/mol. The molecule has 1 rings (SSSR count). The summed E-state index contributed by atoms with van der Waals surface area (Å²) in [5.74, 6) is -0.250. The van der Waals surface area contributed by atoms with Crippen molar-refractivity contribution in [3.05, 3.63) is 41.6 Å². The Morgan fingerprint density at radius 2 is 1.73 bits per heavy atom. The first-order valence-electron chi connectivity index (χ1n) is 8.38. The van der Waals surface area contributed by atoms with E-state index in [1.165, 1.54) is 18.3 Å². The molecule has 0 aromatic heterocycles. The number of hydrogen-bond acceptors (Lipinski definition) is 3. The third kappa shape index (κ3) is 6.79. The monoisotopic (exact) mass is 367 g/mol. The van der Waals surface area contributed by atoms with Gasteiger partial charge in [-0.2, -0.15) is 18.4 Å². The molecule has 26 heavy (non-hydrogen) atoms. The molecule has 0 saturated carbocycles. The maximum absolute atomic E-state index is 13.0. The minimum absolute atomic E-state index is 0.233. The molecule has 0 spiro atoms. The Kier molecular flexibility index (Phi) is 7.69. The van der Waals surface area contributed by atoms with Crippen molar-refractivity contribution in [2.24, 2.45) is 11.8 Å². The van der Waals surface area contributed by atoms with Crippen LogP contribution in [0.3, 0.4) is 0 Å². The molecule has 1 N–H and O–H groups in total. The van der Waals surface area contributed by atoms with Crippen LogP contribution in [0.15, 0.2) is 36.0 Å². The quantitative estimate of drug-likeness (QED) is 0.563. The molecule has 7 heteroatoms. The minimum Gasteiger partial charge on any atom is -0.376 e. The van der Waals surface area contributed by atoms with Crippen molar-refractivity contribution in [3.63, 3.8) is 0 Å². The third-order valence-corrected chi connectivity index (χ3v) is 3.36. The molecule has 0 aliphatic carbocycles. The van der Waals surface area contributed by atoms with Crippen molar-refractivity contribution in [2.75, 3.05) is 18.4 Å². The average Bonchev–Trinajstić information content (AvgIpc) is 2.50. The van der Waals surface area contributed by atoms with Crippen LogP contribution in [0.2, 0.25) is 0 Å². The fourth-order valence-electron chi connectivity index (χ4n) is 2.47. The molecule has 1 aromatic carbocycles. The molecule has 0 radical (unpaired) electrons. The van der Waals surface area contributed by atoms with Gasteiger partial charge in [-0.15, -0.1) is 0 Å². The second kappa shape index (κ2) is 9.27. The van der Waals surface area contributed by atoms with Crippen LogP contribution in [0.1, 0.15) is 33.3 Å². The predicted molar refractivity (Wildman–Crippen MR) is 95.0 cm³/mol. The number of amides is 1. The predicted octanol–water partition coefficient (Wildman–Crippen LogP) is 4.67. The molecule has 0 aliphatic heterocycles. The Hall–Kier alpha value is -2.49. The van der Waals surface area contributed by atoms with Crippen LogP contribution >= 0.6 is 0 Å². The number of rotatable bonds is 7. The van der Waals surface area contributed by atoms with E-state index in [1.54, 1.807) is 6.07 Å². The van der Waals surface area contributed by atoms with Gasteiger partial charge in [-0.25, -0.2) is 0 Å². The highest BCUT2D eigenvalue weighted by atomic mass is 19.4. The molecule has 4 nitrogen and oxygen atoms in total. The molecule has 1 aromatic rings. The summed E-state index contributed by atoms with van der Waals surface area (Å²) in [6, 6.07) is 6.47. The highest BCUT2D eigenvalue weighted by Crippen LogP contribution is 2.34. The van der Waals surface area contributed by atoms with Crippen LogP contribution in [0.25, 0.3) is 0 Å². The van der Waals surface area contributed by atoms with Gasteiger partial charge in [0.25, 0.3) is 5.91 Å². The fraction of sp³-hybridized carbons (Fsp3) is 0.474. The zero-order valence-corrected chi connectivity index (χ0v) is 15.4. The number of alkyl halides is 3. The molecule has 0 saturated heterocycles. The zero-order chi connectivity index (χ0) is 19.9. The van der Waals surface area contributed by atoms with Gasteiger partial charge in [0.1, 0.15) is 11.6 Å². The Morgan fingerprint density at radius 1 is 1.19 bits per heavy atom. The van der Waals surface area contributed by atoms with Crippen molar-refractivity contribution in [2.45, 2.75) is 33.9 Å². The van der Waals surface area contributed by atoms with Gasteiger partial charge in [-0.05, 0) is 24.0 Å². The number of hydrogen-bond donors (Lipinski definition) is 1. The van der Waals surface area contributed by atoms with Crippen molar-refractivity contribution in [1.29, 1.82) is 5.26 Å². The maximum Gasteiger partial charge on any atom is 0.418 e. The minimum atomic E-state index is -4.60. The Labute approximate surface area is 152 Å². The smallest absolute Gasteiger partial charge is 0.376 e. The summed E-state index contributed by atoms with van der Waals surface area (Å²) >= 11 is 0. The average molecular weight is 367 g/mol. The van der Waals surface area contributed by atoms with Gasteiger partial charge in [-0.3, -0.25) is 4.79 Å². The molecule has 0 fully saturated rings. The SMILES string of the molecule is CC(C)CN(/C=C(/C#N)C(=O)Nc1ccccc1C(F)(F)F)CC(C)C. The highest BCUT2D eigenvalue weighted by molar-refractivity contribution is 6.06. The molecule has 0 heterocycles. The van der Waals surface area contributed by atoms with E-state index < -0.39 is 17.6 Å². The van der Waals surface area contributed by atoms with Gasteiger partial charge in [0.05, 0.1) is 11.3 Å². The van der Waals surface area contributed by atoms with Gasteiger partial charge in [-0.1, -0.05) is 39.8 Å². The number of nitriles is 1. The number of halogens is 3. The highest BCUT2D eigenvalue weighted by Gasteiger charge is 2.33. The lowest BCUT2D eigenvalue weighted by Gasteiger charge is -2.25. The molecule has 0 aliphatic rings. The number of para-hydroxylation sites is 1. The second-order valence-electron chi connectivity index (χ2n) is 6.89. The van der Waals surface area contributed by atoms with Crippen molar-refractivity contribution >= 4 is 11.6 Å². The zero-order valence-electron chi connectivity index (χ0n) is 15.4. The fourth-order valence-corrected chi connectivity index (χ4v) is 2.47. The van der Waals surface area contributed by atoms with Gasteiger partial charge < -0.3 is 10.2 Å². The standard InChI is InChI=1S/C19H24F3N3O/c1-13(2)10-25(11-14(3)4)12-15(9-23)18(26)24-17-8-6-5-7-16(17)19(20,21)22/h5-8,12-14H,10-11H2,1-4H3,(H,24,26)/b15-12-. The summed E-state index contributed by atoms with van der Waals surface area (Å²) in [6.45, 7) is 9.30. The Bertz CT molecular complexity index is 678. The van der Waals surface area contributed by atoms with Crippen LogP contribution in [-0.4, -0.2) is 23.9 Å². The number of benzene rings is 1. The van der Waals surface area contributed by atoms with E-state index in [9.17, 15) is 23.2 Å². The van der Waals surface area contributed by atoms with Crippen LogP contribution in [0.5, 0.6) is 0 Å². The van der Waals surface area contributed by atoms with Gasteiger partial charge in [0, 0.05) is 19.3 Å². The summed E-state index contributed by atoms with van der Waals surface area (Å²) in [5.41, 5.74) is -1.56. The number of carbonyl (C=O) groups excluding carboxylic acids is 1. The van der Waals surface area contributed by atoms with E-state index in [0.29, 0.717) is 24.9 Å². The van der Waals surface area contributed by atoms with E-state index in [2.05, 4.69) is 5.32 Å².